The predicted octanol–water partition coefficient (Wildman–Crippen LogP) is 4.16. The fraction of sp³-hybridized carbons (Fsp3) is 0. The standard InChI is InChI=1S/C16H7Cl3O4/c17-12-10(6-3-7-11(12)16(19)23)14(21)13(20)8-4-1-2-5-9(8)15(18)22/h1-7H. The molecule has 7 heteroatoms. The van der Waals surface area contributed by atoms with Gasteiger partial charge in [-0.25, -0.2) is 0 Å². The number of benzene rings is 2. The highest BCUT2D eigenvalue weighted by molar-refractivity contribution is 6.69. The molecule has 2 rings (SSSR count). The van der Waals surface area contributed by atoms with Crippen LogP contribution < -0.4 is 0 Å². The molecule has 0 saturated carbocycles. The maximum Gasteiger partial charge on any atom is 0.253 e. The molecular formula is C16H7Cl3O4. The van der Waals surface area contributed by atoms with Gasteiger partial charge in [0.2, 0.25) is 11.6 Å². The van der Waals surface area contributed by atoms with E-state index in [4.69, 9.17) is 34.8 Å². The number of Topliss-reactive ketones (excluding diaryl/α,β-unsaturated/α-hetero) is 2. The van der Waals surface area contributed by atoms with Crippen molar-refractivity contribution < 1.29 is 19.2 Å². The average molecular weight is 370 g/mol. The predicted molar refractivity (Wildman–Crippen MR) is 86.9 cm³/mol. The molecule has 0 spiro atoms. The average Bonchev–Trinajstić information content (AvgIpc) is 2.53. The van der Waals surface area contributed by atoms with E-state index in [1.807, 2.05) is 0 Å². The van der Waals surface area contributed by atoms with Crippen LogP contribution in [0.5, 0.6) is 0 Å². The van der Waals surface area contributed by atoms with E-state index in [-0.39, 0.29) is 27.3 Å². The van der Waals surface area contributed by atoms with Crippen LogP contribution in [0.3, 0.4) is 0 Å². The lowest BCUT2D eigenvalue weighted by atomic mass is 9.97. The molecule has 2 aromatic rings. The molecule has 0 amide bonds. The smallest absolute Gasteiger partial charge is 0.253 e. The normalized spacial score (nSPS) is 10.2. The van der Waals surface area contributed by atoms with Crippen LogP contribution in [0, 0.1) is 0 Å². The summed E-state index contributed by atoms with van der Waals surface area (Å²) in [4.78, 5) is 47.3. The van der Waals surface area contributed by atoms with Crippen LogP contribution in [0.15, 0.2) is 42.5 Å². The minimum Gasteiger partial charge on any atom is -0.285 e. The Labute approximate surface area is 146 Å². The zero-order valence-electron chi connectivity index (χ0n) is 11.3. The molecule has 0 saturated heterocycles. The van der Waals surface area contributed by atoms with Crippen molar-refractivity contribution >= 4 is 56.9 Å². The first-order chi connectivity index (χ1) is 10.8. The van der Waals surface area contributed by atoms with E-state index in [2.05, 4.69) is 0 Å². The van der Waals surface area contributed by atoms with E-state index in [1.54, 1.807) is 0 Å². The van der Waals surface area contributed by atoms with Gasteiger partial charge in [-0.15, -0.1) is 0 Å². The molecule has 0 aliphatic rings. The highest BCUT2D eigenvalue weighted by Gasteiger charge is 2.26. The van der Waals surface area contributed by atoms with E-state index in [1.165, 1.54) is 42.5 Å². The number of hydrogen-bond acceptors (Lipinski definition) is 4. The largest absolute Gasteiger partial charge is 0.285 e. The number of halogens is 3. The van der Waals surface area contributed by atoms with E-state index < -0.39 is 22.1 Å². The van der Waals surface area contributed by atoms with Gasteiger partial charge in [0.15, 0.2) is 0 Å². The molecule has 116 valence electrons. The van der Waals surface area contributed by atoms with Gasteiger partial charge in [-0.1, -0.05) is 35.9 Å². The Hall–Kier alpha value is -2.01. The molecule has 4 nitrogen and oxygen atoms in total. The summed E-state index contributed by atoms with van der Waals surface area (Å²) in [7, 11) is 0. The molecule has 0 aliphatic heterocycles. The third-order valence-corrected chi connectivity index (χ3v) is 3.86. The third kappa shape index (κ3) is 3.50. The molecule has 0 fully saturated rings. The fourth-order valence-corrected chi connectivity index (χ4v) is 2.62. The molecule has 0 atom stereocenters. The second-order valence-electron chi connectivity index (χ2n) is 4.42. The van der Waals surface area contributed by atoms with Gasteiger partial charge < -0.3 is 0 Å². The van der Waals surface area contributed by atoms with Gasteiger partial charge in [0.1, 0.15) is 0 Å². The van der Waals surface area contributed by atoms with Gasteiger partial charge in [0.05, 0.1) is 10.6 Å². The molecule has 23 heavy (non-hydrogen) atoms. The number of carbonyl (C=O) groups excluding carboxylic acids is 4. The van der Waals surface area contributed by atoms with Crippen LogP contribution in [-0.4, -0.2) is 22.1 Å². The highest BCUT2D eigenvalue weighted by Crippen LogP contribution is 2.25. The monoisotopic (exact) mass is 368 g/mol. The molecule has 0 N–H and O–H groups in total. The first kappa shape index (κ1) is 17.3. The van der Waals surface area contributed by atoms with Crippen LogP contribution in [0.4, 0.5) is 0 Å². The van der Waals surface area contributed by atoms with Crippen LogP contribution in [0.2, 0.25) is 5.02 Å². The van der Waals surface area contributed by atoms with E-state index >= 15 is 0 Å². The van der Waals surface area contributed by atoms with E-state index in [0.717, 1.165) is 0 Å². The SMILES string of the molecule is O=C(Cl)c1ccccc1C(=O)C(=O)c1cccc(C(=O)Cl)c1Cl. The Morgan fingerprint density at radius 3 is 1.61 bits per heavy atom. The summed E-state index contributed by atoms with van der Waals surface area (Å²) < 4.78 is 0. The van der Waals surface area contributed by atoms with Crippen molar-refractivity contribution in [3.63, 3.8) is 0 Å². The van der Waals surface area contributed by atoms with Crippen molar-refractivity contribution in [3.8, 4) is 0 Å². The minimum absolute atomic E-state index is 0.0892. The number of ketones is 2. The molecular weight excluding hydrogens is 363 g/mol. The van der Waals surface area contributed by atoms with E-state index in [9.17, 15) is 19.2 Å². The lowest BCUT2D eigenvalue weighted by Gasteiger charge is -2.07. The van der Waals surface area contributed by atoms with Crippen LogP contribution in [-0.2, 0) is 0 Å². The lowest BCUT2D eigenvalue weighted by molar-refractivity contribution is 0.0815. The fourth-order valence-electron chi connectivity index (χ4n) is 1.96. The second kappa shape index (κ2) is 7.04. The van der Waals surface area contributed by atoms with Gasteiger partial charge in [0.25, 0.3) is 10.5 Å². The summed E-state index contributed by atoms with van der Waals surface area (Å²) >= 11 is 16.7. The van der Waals surface area contributed by atoms with Gasteiger partial charge >= 0.3 is 0 Å². The zero-order valence-corrected chi connectivity index (χ0v) is 13.6. The summed E-state index contributed by atoms with van der Waals surface area (Å²) in [6.45, 7) is 0. The van der Waals surface area contributed by atoms with Crippen molar-refractivity contribution in [3.05, 3.63) is 69.7 Å². The Bertz CT molecular complexity index is 843. The summed E-state index contributed by atoms with van der Waals surface area (Å²) in [6.07, 6.45) is 0. The third-order valence-electron chi connectivity index (χ3n) is 3.04. The van der Waals surface area contributed by atoms with Gasteiger partial charge in [-0.05, 0) is 41.4 Å². The Morgan fingerprint density at radius 2 is 1.04 bits per heavy atom. The topological polar surface area (TPSA) is 68.3 Å². The molecule has 0 radical (unpaired) electrons. The van der Waals surface area contributed by atoms with Crippen molar-refractivity contribution in [2.24, 2.45) is 0 Å². The molecule has 0 bridgehead atoms. The number of carbonyl (C=O) groups is 4. The number of rotatable bonds is 5. The Morgan fingerprint density at radius 1 is 0.609 bits per heavy atom. The van der Waals surface area contributed by atoms with Crippen molar-refractivity contribution in [2.75, 3.05) is 0 Å². The lowest BCUT2D eigenvalue weighted by Crippen LogP contribution is -2.18. The quantitative estimate of drug-likeness (QED) is 0.451. The first-order valence-electron chi connectivity index (χ1n) is 6.20. The van der Waals surface area contributed by atoms with Crippen LogP contribution in [0.25, 0.3) is 0 Å². The zero-order chi connectivity index (χ0) is 17.1. The Balaban J connectivity index is 2.50. The van der Waals surface area contributed by atoms with Crippen LogP contribution >= 0.6 is 34.8 Å². The molecule has 0 heterocycles. The van der Waals surface area contributed by atoms with Gasteiger partial charge in [-0.3, -0.25) is 19.2 Å². The second-order valence-corrected chi connectivity index (χ2v) is 5.48. The van der Waals surface area contributed by atoms with Crippen molar-refractivity contribution in [1.82, 2.24) is 0 Å². The number of hydrogen-bond donors (Lipinski definition) is 0. The highest BCUT2D eigenvalue weighted by atomic mass is 35.5. The maximum atomic E-state index is 12.4. The molecule has 0 aliphatic carbocycles. The summed E-state index contributed by atoms with van der Waals surface area (Å²) in [6, 6.07) is 9.63. The molecule has 0 aromatic heterocycles. The minimum atomic E-state index is -0.972. The molecule has 0 unspecified atom stereocenters. The van der Waals surface area contributed by atoms with Crippen molar-refractivity contribution in [2.45, 2.75) is 0 Å². The first-order valence-corrected chi connectivity index (χ1v) is 7.34. The molecule has 2 aromatic carbocycles. The van der Waals surface area contributed by atoms with Gasteiger partial charge in [-0.2, -0.15) is 0 Å². The van der Waals surface area contributed by atoms with Crippen molar-refractivity contribution in [1.29, 1.82) is 0 Å². The van der Waals surface area contributed by atoms with Gasteiger partial charge in [0, 0.05) is 16.7 Å². The summed E-state index contributed by atoms with van der Waals surface area (Å²) in [5.74, 6) is -1.93. The summed E-state index contributed by atoms with van der Waals surface area (Å²) in [5, 5.41) is -1.94. The van der Waals surface area contributed by atoms with E-state index in [0.29, 0.717) is 0 Å². The Kier molecular flexibility index (Phi) is 5.31. The summed E-state index contributed by atoms with van der Waals surface area (Å²) in [5.41, 5.74) is -0.502. The maximum absolute atomic E-state index is 12.4. The van der Waals surface area contributed by atoms with Crippen LogP contribution in [0.1, 0.15) is 41.4 Å².